The normalized spacial score (nSPS) is 40.1. The maximum absolute atomic E-state index is 5.91. The molecule has 2 unspecified atom stereocenters. The molecule has 1 saturated carbocycles. The van der Waals surface area contributed by atoms with Crippen molar-refractivity contribution < 1.29 is 4.74 Å². The van der Waals surface area contributed by atoms with E-state index in [-0.39, 0.29) is 5.60 Å². The summed E-state index contributed by atoms with van der Waals surface area (Å²) in [5, 5.41) is 0. The SMILES string of the molecule is COC1(C)CCCCC(N)C1. The van der Waals surface area contributed by atoms with Crippen LogP contribution >= 0.6 is 0 Å². The van der Waals surface area contributed by atoms with Crippen LogP contribution in [0.1, 0.15) is 39.0 Å². The zero-order chi connectivity index (χ0) is 8.32. The van der Waals surface area contributed by atoms with Gasteiger partial charge in [0.15, 0.2) is 0 Å². The molecule has 0 aromatic carbocycles. The van der Waals surface area contributed by atoms with Gasteiger partial charge in [-0.25, -0.2) is 0 Å². The molecular formula is C9H19NO. The Morgan fingerprint density at radius 3 is 2.82 bits per heavy atom. The first-order valence-electron chi connectivity index (χ1n) is 4.47. The molecule has 0 radical (unpaired) electrons. The monoisotopic (exact) mass is 157 g/mol. The molecule has 0 saturated heterocycles. The summed E-state index contributed by atoms with van der Waals surface area (Å²) in [7, 11) is 1.79. The molecule has 0 heterocycles. The van der Waals surface area contributed by atoms with Crippen molar-refractivity contribution in [2.24, 2.45) is 5.73 Å². The first kappa shape index (κ1) is 9.01. The Bertz CT molecular complexity index is 127. The Labute approximate surface area is 69.1 Å². The van der Waals surface area contributed by atoms with Crippen molar-refractivity contribution in [1.29, 1.82) is 0 Å². The molecule has 2 atom stereocenters. The fraction of sp³-hybridized carbons (Fsp3) is 1.00. The Kier molecular flexibility index (Phi) is 2.90. The standard InChI is InChI=1S/C9H19NO/c1-9(11-2)6-4-3-5-8(10)7-9/h8H,3-7,10H2,1-2H3. The lowest BCUT2D eigenvalue weighted by molar-refractivity contribution is -0.00920. The number of rotatable bonds is 1. The van der Waals surface area contributed by atoms with Gasteiger partial charge in [0, 0.05) is 13.2 Å². The smallest absolute Gasteiger partial charge is 0.0665 e. The largest absolute Gasteiger partial charge is 0.378 e. The maximum Gasteiger partial charge on any atom is 0.0665 e. The highest BCUT2D eigenvalue weighted by Crippen LogP contribution is 2.28. The van der Waals surface area contributed by atoms with Gasteiger partial charge in [-0.1, -0.05) is 12.8 Å². The van der Waals surface area contributed by atoms with E-state index in [0.29, 0.717) is 6.04 Å². The van der Waals surface area contributed by atoms with E-state index in [4.69, 9.17) is 10.5 Å². The lowest BCUT2D eigenvalue weighted by atomic mass is 9.95. The van der Waals surface area contributed by atoms with Crippen molar-refractivity contribution in [3.8, 4) is 0 Å². The lowest BCUT2D eigenvalue weighted by Gasteiger charge is -2.28. The molecule has 1 aliphatic carbocycles. The van der Waals surface area contributed by atoms with Gasteiger partial charge in [-0.05, 0) is 26.2 Å². The van der Waals surface area contributed by atoms with Crippen molar-refractivity contribution in [2.75, 3.05) is 7.11 Å². The zero-order valence-corrected chi connectivity index (χ0v) is 7.60. The number of ether oxygens (including phenoxy) is 1. The first-order chi connectivity index (χ1) is 5.16. The fourth-order valence-electron chi connectivity index (χ4n) is 1.85. The first-order valence-corrected chi connectivity index (χ1v) is 4.47. The molecule has 0 spiro atoms. The van der Waals surface area contributed by atoms with Gasteiger partial charge >= 0.3 is 0 Å². The minimum Gasteiger partial charge on any atom is -0.378 e. The third-order valence-electron chi connectivity index (χ3n) is 2.72. The van der Waals surface area contributed by atoms with E-state index in [1.807, 2.05) is 0 Å². The van der Waals surface area contributed by atoms with Gasteiger partial charge in [0.1, 0.15) is 0 Å². The molecule has 1 aliphatic rings. The predicted octanol–water partition coefficient (Wildman–Crippen LogP) is 1.68. The molecule has 11 heavy (non-hydrogen) atoms. The summed E-state index contributed by atoms with van der Waals surface area (Å²) in [5.74, 6) is 0. The van der Waals surface area contributed by atoms with Crippen LogP contribution in [0.5, 0.6) is 0 Å². The van der Waals surface area contributed by atoms with Gasteiger partial charge < -0.3 is 10.5 Å². The van der Waals surface area contributed by atoms with Crippen LogP contribution in [0.25, 0.3) is 0 Å². The Balaban J connectivity index is 2.51. The second-order valence-corrected chi connectivity index (χ2v) is 3.86. The molecule has 0 amide bonds. The van der Waals surface area contributed by atoms with Gasteiger partial charge in [0.25, 0.3) is 0 Å². The predicted molar refractivity (Wildman–Crippen MR) is 46.5 cm³/mol. The topological polar surface area (TPSA) is 35.2 Å². The van der Waals surface area contributed by atoms with Crippen molar-refractivity contribution >= 4 is 0 Å². The quantitative estimate of drug-likeness (QED) is 0.588. The van der Waals surface area contributed by atoms with E-state index < -0.39 is 0 Å². The van der Waals surface area contributed by atoms with Crippen LogP contribution in [0.4, 0.5) is 0 Å². The highest BCUT2D eigenvalue weighted by Gasteiger charge is 2.28. The summed E-state index contributed by atoms with van der Waals surface area (Å²) < 4.78 is 5.45. The second-order valence-electron chi connectivity index (χ2n) is 3.86. The zero-order valence-electron chi connectivity index (χ0n) is 7.60. The van der Waals surface area contributed by atoms with Gasteiger partial charge in [0.05, 0.1) is 5.60 Å². The van der Waals surface area contributed by atoms with Crippen LogP contribution in [-0.2, 0) is 4.74 Å². The van der Waals surface area contributed by atoms with Crippen LogP contribution in [0.15, 0.2) is 0 Å². The molecule has 0 aromatic rings. The average Bonchev–Trinajstić information content (AvgIpc) is 2.13. The van der Waals surface area contributed by atoms with E-state index >= 15 is 0 Å². The Morgan fingerprint density at radius 2 is 2.18 bits per heavy atom. The molecule has 2 heteroatoms. The highest BCUT2D eigenvalue weighted by atomic mass is 16.5. The summed E-state index contributed by atoms with van der Waals surface area (Å²) >= 11 is 0. The van der Waals surface area contributed by atoms with E-state index in [9.17, 15) is 0 Å². The van der Waals surface area contributed by atoms with Crippen LogP contribution < -0.4 is 5.73 Å². The number of methoxy groups -OCH3 is 1. The number of hydrogen-bond donors (Lipinski definition) is 1. The van der Waals surface area contributed by atoms with Crippen LogP contribution in [0, 0.1) is 0 Å². The summed E-state index contributed by atoms with van der Waals surface area (Å²) in [6, 6.07) is 0.349. The van der Waals surface area contributed by atoms with Crippen molar-refractivity contribution in [3.05, 3.63) is 0 Å². The molecule has 2 nitrogen and oxygen atoms in total. The third kappa shape index (κ3) is 2.46. The van der Waals surface area contributed by atoms with E-state index in [1.54, 1.807) is 7.11 Å². The molecular weight excluding hydrogens is 138 g/mol. The third-order valence-corrected chi connectivity index (χ3v) is 2.72. The lowest BCUT2D eigenvalue weighted by Crippen LogP contribution is -2.34. The molecule has 1 rings (SSSR count). The summed E-state index contributed by atoms with van der Waals surface area (Å²) in [6.45, 7) is 2.16. The van der Waals surface area contributed by atoms with Gasteiger partial charge in [-0.2, -0.15) is 0 Å². The van der Waals surface area contributed by atoms with E-state index in [2.05, 4.69) is 6.92 Å². The molecule has 2 N–H and O–H groups in total. The van der Waals surface area contributed by atoms with E-state index in [1.165, 1.54) is 19.3 Å². The molecule has 0 aliphatic heterocycles. The van der Waals surface area contributed by atoms with Gasteiger partial charge in [0.2, 0.25) is 0 Å². The summed E-state index contributed by atoms with van der Waals surface area (Å²) in [5.41, 5.74) is 5.96. The van der Waals surface area contributed by atoms with Crippen LogP contribution in [0.3, 0.4) is 0 Å². The average molecular weight is 157 g/mol. The van der Waals surface area contributed by atoms with E-state index in [0.717, 1.165) is 12.8 Å². The highest BCUT2D eigenvalue weighted by molar-refractivity contribution is 4.83. The van der Waals surface area contributed by atoms with Crippen LogP contribution in [0.2, 0.25) is 0 Å². The van der Waals surface area contributed by atoms with Crippen molar-refractivity contribution in [1.82, 2.24) is 0 Å². The molecule has 66 valence electrons. The Morgan fingerprint density at radius 1 is 1.45 bits per heavy atom. The van der Waals surface area contributed by atoms with Crippen LogP contribution in [-0.4, -0.2) is 18.8 Å². The van der Waals surface area contributed by atoms with Gasteiger partial charge in [-0.15, -0.1) is 0 Å². The molecule has 0 bridgehead atoms. The maximum atomic E-state index is 5.91. The number of hydrogen-bond acceptors (Lipinski definition) is 2. The fourth-order valence-corrected chi connectivity index (χ4v) is 1.85. The van der Waals surface area contributed by atoms with Crippen molar-refractivity contribution in [3.63, 3.8) is 0 Å². The molecule has 1 fully saturated rings. The van der Waals surface area contributed by atoms with Crippen molar-refractivity contribution in [2.45, 2.75) is 50.7 Å². The Hall–Kier alpha value is -0.0800. The second kappa shape index (κ2) is 3.55. The minimum absolute atomic E-state index is 0.0515. The number of nitrogens with two attached hydrogens (primary N) is 1. The summed E-state index contributed by atoms with van der Waals surface area (Å²) in [4.78, 5) is 0. The minimum atomic E-state index is 0.0515. The molecule has 0 aromatic heterocycles. The van der Waals surface area contributed by atoms with Gasteiger partial charge in [-0.3, -0.25) is 0 Å². The summed E-state index contributed by atoms with van der Waals surface area (Å²) in [6.07, 6.45) is 5.87.